The molecular formula is C26H24F2N2O2. The van der Waals surface area contributed by atoms with Crippen LogP contribution < -0.4 is 0 Å². The van der Waals surface area contributed by atoms with Gasteiger partial charge in [0.25, 0.3) is 0 Å². The van der Waals surface area contributed by atoms with E-state index in [-0.39, 0.29) is 24.6 Å². The lowest BCUT2D eigenvalue weighted by molar-refractivity contribution is -0.134. The van der Waals surface area contributed by atoms with Crippen LogP contribution in [-0.2, 0) is 17.9 Å². The third-order valence-electron chi connectivity index (χ3n) is 5.50. The van der Waals surface area contributed by atoms with Crippen LogP contribution in [0.5, 0.6) is 0 Å². The molecule has 1 heterocycles. The lowest BCUT2D eigenvalue weighted by atomic mass is 9.94. The van der Waals surface area contributed by atoms with E-state index in [0.29, 0.717) is 23.4 Å². The van der Waals surface area contributed by atoms with E-state index in [1.54, 1.807) is 0 Å². The molecule has 0 radical (unpaired) electrons. The van der Waals surface area contributed by atoms with E-state index in [2.05, 4.69) is 4.98 Å². The van der Waals surface area contributed by atoms with Gasteiger partial charge in [-0.25, -0.2) is 13.8 Å². The van der Waals surface area contributed by atoms with E-state index in [1.807, 2.05) is 62.4 Å². The zero-order chi connectivity index (χ0) is 22.7. The molecule has 0 unspecified atom stereocenters. The van der Waals surface area contributed by atoms with Crippen LogP contribution in [0.15, 0.2) is 71.1 Å². The molecule has 0 saturated heterocycles. The van der Waals surface area contributed by atoms with Gasteiger partial charge in [-0.15, -0.1) is 0 Å². The molecule has 1 amide bonds. The molecular weight excluding hydrogens is 410 g/mol. The van der Waals surface area contributed by atoms with E-state index in [9.17, 15) is 13.6 Å². The number of carbonyl (C=O) groups excluding carboxylic acids is 1. The second kappa shape index (κ2) is 9.30. The quantitative estimate of drug-likeness (QED) is 0.351. The van der Waals surface area contributed by atoms with Crippen molar-refractivity contribution in [3.63, 3.8) is 0 Å². The van der Waals surface area contributed by atoms with Gasteiger partial charge in [0.05, 0.1) is 12.5 Å². The molecule has 0 bridgehead atoms. The number of amides is 1. The van der Waals surface area contributed by atoms with Gasteiger partial charge in [-0.3, -0.25) is 4.79 Å². The highest BCUT2D eigenvalue weighted by molar-refractivity contribution is 5.83. The zero-order valence-electron chi connectivity index (χ0n) is 18.0. The van der Waals surface area contributed by atoms with Gasteiger partial charge in [0, 0.05) is 12.1 Å². The molecule has 3 aromatic carbocycles. The van der Waals surface area contributed by atoms with Gasteiger partial charge in [-0.1, -0.05) is 43.3 Å². The van der Waals surface area contributed by atoms with Crippen LogP contribution in [0.25, 0.3) is 11.1 Å². The summed E-state index contributed by atoms with van der Waals surface area (Å²) in [4.78, 5) is 19.6. The molecule has 0 N–H and O–H groups in total. The highest BCUT2D eigenvalue weighted by Gasteiger charge is 2.27. The summed E-state index contributed by atoms with van der Waals surface area (Å²) in [6.07, 6.45) is 0.567. The summed E-state index contributed by atoms with van der Waals surface area (Å²) in [5.74, 6) is -1.38. The second-order valence-corrected chi connectivity index (χ2v) is 7.88. The Morgan fingerprint density at radius 1 is 1.03 bits per heavy atom. The SMILES string of the molecule is CC[C@@H](C(=O)N(Cc1nc2cc(C)ccc2o1)Cc1cc(F)ccc1F)c1ccccc1. The predicted octanol–water partition coefficient (Wildman–Crippen LogP) is 6.14. The van der Waals surface area contributed by atoms with Gasteiger partial charge in [0.1, 0.15) is 17.2 Å². The minimum absolute atomic E-state index is 0.0475. The summed E-state index contributed by atoms with van der Waals surface area (Å²) in [7, 11) is 0. The fourth-order valence-electron chi connectivity index (χ4n) is 3.86. The summed E-state index contributed by atoms with van der Waals surface area (Å²) in [5, 5.41) is 0. The van der Waals surface area contributed by atoms with Crippen molar-refractivity contribution in [2.24, 2.45) is 0 Å². The van der Waals surface area contributed by atoms with E-state index < -0.39 is 17.6 Å². The van der Waals surface area contributed by atoms with E-state index in [0.717, 1.165) is 29.3 Å². The molecule has 0 saturated carbocycles. The molecule has 0 spiro atoms. The van der Waals surface area contributed by atoms with Crippen LogP contribution in [0.4, 0.5) is 8.78 Å². The maximum Gasteiger partial charge on any atom is 0.230 e. The smallest absolute Gasteiger partial charge is 0.230 e. The van der Waals surface area contributed by atoms with Crippen molar-refractivity contribution < 1.29 is 18.0 Å². The van der Waals surface area contributed by atoms with Crippen LogP contribution in [-0.4, -0.2) is 15.8 Å². The Morgan fingerprint density at radius 2 is 1.81 bits per heavy atom. The van der Waals surface area contributed by atoms with Gasteiger partial charge >= 0.3 is 0 Å². The molecule has 1 aromatic heterocycles. The Bertz CT molecular complexity index is 1240. The maximum atomic E-state index is 14.4. The van der Waals surface area contributed by atoms with Crippen molar-refractivity contribution in [1.82, 2.24) is 9.88 Å². The fourth-order valence-corrected chi connectivity index (χ4v) is 3.86. The third-order valence-corrected chi connectivity index (χ3v) is 5.50. The number of benzene rings is 3. The summed E-state index contributed by atoms with van der Waals surface area (Å²) in [6.45, 7) is 3.84. The number of oxazole rings is 1. The van der Waals surface area contributed by atoms with Crippen LogP contribution >= 0.6 is 0 Å². The van der Waals surface area contributed by atoms with Gasteiger partial charge in [-0.05, 0) is 54.8 Å². The predicted molar refractivity (Wildman–Crippen MR) is 119 cm³/mol. The Kier molecular flexibility index (Phi) is 6.30. The number of carbonyl (C=O) groups is 1. The number of hydrogen-bond donors (Lipinski definition) is 0. The Morgan fingerprint density at radius 3 is 2.56 bits per heavy atom. The Balaban J connectivity index is 1.69. The normalized spacial score (nSPS) is 12.1. The van der Waals surface area contributed by atoms with Crippen LogP contribution in [0, 0.1) is 18.6 Å². The summed E-state index contributed by atoms with van der Waals surface area (Å²) in [6, 6.07) is 18.4. The van der Waals surface area contributed by atoms with Crippen molar-refractivity contribution in [3.8, 4) is 0 Å². The van der Waals surface area contributed by atoms with Gasteiger partial charge in [-0.2, -0.15) is 0 Å². The van der Waals surface area contributed by atoms with Crippen molar-refractivity contribution >= 4 is 17.0 Å². The summed E-state index contributed by atoms with van der Waals surface area (Å²) in [5.41, 5.74) is 3.33. The Labute approximate surface area is 185 Å². The first-order valence-corrected chi connectivity index (χ1v) is 10.6. The first-order chi connectivity index (χ1) is 15.4. The number of nitrogens with zero attached hydrogens (tertiary/aromatic N) is 2. The topological polar surface area (TPSA) is 46.3 Å². The van der Waals surface area contributed by atoms with Crippen molar-refractivity contribution in [2.45, 2.75) is 39.3 Å². The number of aryl methyl sites for hydroxylation is 1. The molecule has 4 aromatic rings. The first-order valence-electron chi connectivity index (χ1n) is 10.6. The molecule has 0 aliphatic rings. The lowest BCUT2D eigenvalue weighted by Gasteiger charge is -2.26. The van der Waals surface area contributed by atoms with Gasteiger partial charge < -0.3 is 9.32 Å². The van der Waals surface area contributed by atoms with Crippen molar-refractivity contribution in [1.29, 1.82) is 0 Å². The second-order valence-electron chi connectivity index (χ2n) is 7.88. The third kappa shape index (κ3) is 4.69. The zero-order valence-corrected chi connectivity index (χ0v) is 18.0. The van der Waals surface area contributed by atoms with E-state index in [1.165, 1.54) is 4.90 Å². The van der Waals surface area contributed by atoms with Crippen molar-refractivity contribution in [2.75, 3.05) is 0 Å². The molecule has 164 valence electrons. The van der Waals surface area contributed by atoms with Crippen LogP contribution in [0.1, 0.15) is 41.8 Å². The minimum atomic E-state index is -0.565. The molecule has 0 fully saturated rings. The molecule has 4 nitrogen and oxygen atoms in total. The molecule has 0 aliphatic carbocycles. The Hall–Kier alpha value is -3.54. The average molecular weight is 434 g/mol. The van der Waals surface area contributed by atoms with Crippen LogP contribution in [0.2, 0.25) is 0 Å². The molecule has 32 heavy (non-hydrogen) atoms. The number of hydrogen-bond acceptors (Lipinski definition) is 3. The average Bonchev–Trinajstić information content (AvgIpc) is 3.18. The highest BCUT2D eigenvalue weighted by atomic mass is 19.1. The maximum absolute atomic E-state index is 14.4. The summed E-state index contributed by atoms with van der Waals surface area (Å²) < 4.78 is 34.0. The number of rotatable bonds is 7. The molecule has 4 rings (SSSR count). The van der Waals surface area contributed by atoms with Crippen LogP contribution in [0.3, 0.4) is 0 Å². The number of halogens is 2. The number of fused-ring (bicyclic) bond motifs is 1. The minimum Gasteiger partial charge on any atom is -0.439 e. The highest BCUT2D eigenvalue weighted by Crippen LogP contribution is 2.26. The lowest BCUT2D eigenvalue weighted by Crippen LogP contribution is -2.34. The van der Waals surface area contributed by atoms with E-state index in [4.69, 9.17) is 4.42 Å². The molecule has 1 atom stereocenters. The first kappa shape index (κ1) is 21.7. The van der Waals surface area contributed by atoms with Gasteiger partial charge in [0.2, 0.25) is 11.8 Å². The monoisotopic (exact) mass is 434 g/mol. The molecule has 0 aliphatic heterocycles. The largest absolute Gasteiger partial charge is 0.439 e. The molecule has 6 heteroatoms. The number of aromatic nitrogens is 1. The van der Waals surface area contributed by atoms with Gasteiger partial charge in [0.15, 0.2) is 5.58 Å². The summed E-state index contributed by atoms with van der Waals surface area (Å²) >= 11 is 0. The van der Waals surface area contributed by atoms with E-state index >= 15 is 0 Å². The standard InChI is InChI=1S/C26H24F2N2O2/c1-3-21(18-7-5-4-6-8-18)26(31)30(15-19-14-20(27)10-11-22(19)28)16-25-29-23-13-17(2)9-12-24(23)32-25/h4-14,21H,3,15-16H2,1-2H3/t21-/m1/s1. The fraction of sp³-hybridized carbons (Fsp3) is 0.231. The van der Waals surface area contributed by atoms with Crippen molar-refractivity contribution in [3.05, 3.63) is 101 Å².